The highest BCUT2D eigenvalue weighted by atomic mass is 16.6. The van der Waals surface area contributed by atoms with E-state index < -0.39 is 17.8 Å². The monoisotopic (exact) mass is 531 g/mol. The van der Waals surface area contributed by atoms with Crippen molar-refractivity contribution in [1.82, 2.24) is 4.90 Å². The molecule has 0 fully saturated rings. The lowest BCUT2D eigenvalue weighted by Crippen LogP contribution is -2.27. The van der Waals surface area contributed by atoms with Crippen molar-refractivity contribution in [3.05, 3.63) is 83.9 Å². The molecule has 4 rings (SSSR count). The molecule has 7 nitrogen and oxygen atoms in total. The maximum Gasteiger partial charge on any atom is 0.412 e. The van der Waals surface area contributed by atoms with Crippen molar-refractivity contribution >= 4 is 23.6 Å². The van der Waals surface area contributed by atoms with Crippen LogP contribution in [0.3, 0.4) is 0 Å². The van der Waals surface area contributed by atoms with Gasteiger partial charge in [0.1, 0.15) is 12.2 Å². The van der Waals surface area contributed by atoms with Crippen LogP contribution in [-0.2, 0) is 9.47 Å². The Labute approximate surface area is 232 Å². The topological polar surface area (TPSA) is 79.9 Å². The molecule has 1 aliphatic carbocycles. The maximum atomic E-state index is 12.4. The van der Waals surface area contributed by atoms with Gasteiger partial charge in [0.15, 0.2) is 0 Å². The number of nitrogens with one attached hydrogen (secondary N) is 2. The van der Waals surface area contributed by atoms with Crippen LogP contribution in [0.2, 0.25) is 0 Å². The van der Waals surface area contributed by atoms with Gasteiger partial charge in [-0.15, -0.1) is 0 Å². The van der Waals surface area contributed by atoms with Crippen molar-refractivity contribution < 1.29 is 19.1 Å². The van der Waals surface area contributed by atoms with Gasteiger partial charge in [0, 0.05) is 17.3 Å². The van der Waals surface area contributed by atoms with E-state index in [-0.39, 0.29) is 12.5 Å². The lowest BCUT2D eigenvalue weighted by molar-refractivity contribution is 0.0636. The largest absolute Gasteiger partial charge is 0.448 e. The predicted octanol–water partition coefficient (Wildman–Crippen LogP) is 7.74. The Morgan fingerprint density at radius 1 is 0.718 bits per heavy atom. The number of carbonyl (C=O) groups is 2. The summed E-state index contributed by atoms with van der Waals surface area (Å²) in [5, 5.41) is 5.38. The average molecular weight is 532 g/mol. The smallest absolute Gasteiger partial charge is 0.412 e. The van der Waals surface area contributed by atoms with E-state index in [1.165, 1.54) is 41.9 Å². The number of benzene rings is 3. The van der Waals surface area contributed by atoms with E-state index in [9.17, 15) is 9.59 Å². The minimum Gasteiger partial charge on any atom is -0.448 e. The Kier molecular flexibility index (Phi) is 10.5. The van der Waals surface area contributed by atoms with Gasteiger partial charge in [-0.05, 0) is 86.9 Å². The predicted molar refractivity (Wildman–Crippen MR) is 158 cm³/mol. The molecule has 3 aromatic carbocycles. The number of anilines is 2. The van der Waals surface area contributed by atoms with Crippen molar-refractivity contribution in [1.29, 1.82) is 0 Å². The minimum absolute atomic E-state index is 0.00792. The van der Waals surface area contributed by atoms with Crippen LogP contribution in [0.4, 0.5) is 21.0 Å². The lowest BCUT2D eigenvalue weighted by atomic mass is 9.98. The molecule has 0 aromatic heterocycles. The molecule has 0 atom stereocenters. The van der Waals surface area contributed by atoms with E-state index in [1.54, 1.807) is 45.0 Å². The fourth-order valence-electron chi connectivity index (χ4n) is 4.48. The Bertz CT molecular complexity index is 1180. The summed E-state index contributed by atoms with van der Waals surface area (Å²) in [5.74, 6) is 0.00792. The molecule has 0 aliphatic heterocycles. The van der Waals surface area contributed by atoms with E-state index in [2.05, 4.69) is 60.6 Å². The van der Waals surface area contributed by atoms with Crippen LogP contribution < -0.4 is 10.6 Å². The fraction of sp³-hybridized carbons (Fsp3) is 0.375. The van der Waals surface area contributed by atoms with Crippen molar-refractivity contribution in [3.63, 3.8) is 0 Å². The minimum atomic E-state index is -0.574. The zero-order chi connectivity index (χ0) is 28.4. The van der Waals surface area contributed by atoms with Crippen LogP contribution in [-0.4, -0.2) is 48.9 Å². The SMILES string of the molecule is CC(C)(C)OC(=O)Nc1ccc(NC(=O)OCC2c3ccccc3-c3ccccc32)cc1.CCN(CC)CC. The van der Waals surface area contributed by atoms with Crippen LogP contribution in [0.15, 0.2) is 72.8 Å². The zero-order valence-corrected chi connectivity index (χ0v) is 23.9. The van der Waals surface area contributed by atoms with Crippen molar-refractivity contribution in [2.24, 2.45) is 0 Å². The molecule has 0 saturated carbocycles. The van der Waals surface area contributed by atoms with E-state index in [4.69, 9.17) is 9.47 Å². The number of hydrogen-bond acceptors (Lipinski definition) is 5. The van der Waals surface area contributed by atoms with Gasteiger partial charge in [-0.1, -0.05) is 69.3 Å². The Hall–Kier alpha value is -3.84. The van der Waals surface area contributed by atoms with Crippen LogP contribution >= 0.6 is 0 Å². The molecule has 3 aromatic rings. The van der Waals surface area contributed by atoms with Gasteiger partial charge in [0.05, 0.1) is 0 Å². The molecule has 39 heavy (non-hydrogen) atoms. The molecule has 0 heterocycles. The molecular weight excluding hydrogens is 490 g/mol. The fourth-order valence-corrected chi connectivity index (χ4v) is 4.48. The van der Waals surface area contributed by atoms with Crippen molar-refractivity contribution in [3.8, 4) is 11.1 Å². The summed E-state index contributed by atoms with van der Waals surface area (Å²) in [6.07, 6.45) is -1.06. The van der Waals surface area contributed by atoms with Crippen LogP contribution in [0.5, 0.6) is 0 Å². The summed E-state index contributed by atoms with van der Waals surface area (Å²) in [6, 6.07) is 23.2. The van der Waals surface area contributed by atoms with Gasteiger partial charge in [-0.3, -0.25) is 10.6 Å². The second-order valence-electron chi connectivity index (χ2n) is 10.3. The number of carbonyl (C=O) groups excluding carboxylic acids is 2. The average Bonchev–Trinajstić information content (AvgIpc) is 3.23. The highest BCUT2D eigenvalue weighted by molar-refractivity contribution is 5.87. The molecule has 2 N–H and O–H groups in total. The summed E-state index contributed by atoms with van der Waals surface area (Å²) in [7, 11) is 0. The van der Waals surface area contributed by atoms with E-state index in [0.29, 0.717) is 11.4 Å². The van der Waals surface area contributed by atoms with Crippen molar-refractivity contribution in [2.45, 2.75) is 53.1 Å². The highest BCUT2D eigenvalue weighted by Crippen LogP contribution is 2.44. The van der Waals surface area contributed by atoms with Gasteiger partial charge in [-0.2, -0.15) is 0 Å². The standard InChI is InChI=1S/C26H26N2O4.C6H15N/c1-26(2,3)32-25(30)28-18-14-12-17(13-15-18)27-24(29)31-16-23-21-10-6-4-8-19(21)20-9-5-7-11-22(20)23;1-4-7(5-2)6-3/h4-15,23H,16H2,1-3H3,(H,27,29)(H,28,30);4-6H2,1-3H3. The second-order valence-corrected chi connectivity index (χ2v) is 10.3. The van der Waals surface area contributed by atoms with Gasteiger partial charge < -0.3 is 14.4 Å². The number of hydrogen-bond donors (Lipinski definition) is 2. The third-order valence-electron chi connectivity index (χ3n) is 6.46. The van der Waals surface area contributed by atoms with Crippen molar-refractivity contribution in [2.75, 3.05) is 36.9 Å². The van der Waals surface area contributed by atoms with Crippen LogP contribution in [0.25, 0.3) is 11.1 Å². The second kappa shape index (κ2) is 13.8. The lowest BCUT2D eigenvalue weighted by Gasteiger charge is -2.19. The quantitative estimate of drug-likeness (QED) is 0.326. The maximum absolute atomic E-state index is 12.4. The third-order valence-corrected chi connectivity index (χ3v) is 6.46. The Balaban J connectivity index is 0.000000532. The first-order chi connectivity index (χ1) is 18.6. The summed E-state index contributed by atoms with van der Waals surface area (Å²) in [5.41, 5.74) is 5.26. The van der Waals surface area contributed by atoms with E-state index in [1.807, 2.05) is 24.3 Å². The summed E-state index contributed by atoms with van der Waals surface area (Å²) in [4.78, 5) is 26.6. The molecule has 0 bridgehead atoms. The molecule has 7 heteroatoms. The normalized spacial score (nSPS) is 12.1. The Morgan fingerprint density at radius 3 is 1.56 bits per heavy atom. The first-order valence-electron chi connectivity index (χ1n) is 13.6. The van der Waals surface area contributed by atoms with Gasteiger partial charge >= 0.3 is 12.2 Å². The Morgan fingerprint density at radius 2 is 1.15 bits per heavy atom. The first kappa shape index (κ1) is 29.7. The number of ether oxygens (including phenoxy) is 2. The highest BCUT2D eigenvalue weighted by Gasteiger charge is 2.29. The molecule has 0 unspecified atom stereocenters. The number of rotatable bonds is 7. The molecule has 2 amide bonds. The molecule has 1 aliphatic rings. The molecule has 0 saturated heterocycles. The first-order valence-corrected chi connectivity index (χ1v) is 13.6. The summed E-state index contributed by atoms with van der Waals surface area (Å²) >= 11 is 0. The van der Waals surface area contributed by atoms with Gasteiger partial charge in [0.25, 0.3) is 0 Å². The summed E-state index contributed by atoms with van der Waals surface area (Å²) < 4.78 is 10.8. The molecule has 208 valence electrons. The zero-order valence-electron chi connectivity index (χ0n) is 23.9. The number of nitrogens with zero attached hydrogens (tertiary/aromatic N) is 1. The summed E-state index contributed by atoms with van der Waals surface area (Å²) in [6.45, 7) is 15.8. The van der Waals surface area contributed by atoms with E-state index >= 15 is 0 Å². The third kappa shape index (κ3) is 8.58. The van der Waals surface area contributed by atoms with Gasteiger partial charge in [-0.25, -0.2) is 9.59 Å². The molecule has 0 radical (unpaired) electrons. The van der Waals surface area contributed by atoms with Crippen LogP contribution in [0.1, 0.15) is 58.6 Å². The molecular formula is C32H41N3O4. The number of amides is 2. The molecule has 0 spiro atoms. The number of fused-ring (bicyclic) bond motifs is 3. The van der Waals surface area contributed by atoms with Gasteiger partial charge in [0.2, 0.25) is 0 Å². The van der Waals surface area contributed by atoms with E-state index in [0.717, 1.165) is 0 Å². The van der Waals surface area contributed by atoms with Crippen LogP contribution in [0, 0.1) is 0 Å².